The Morgan fingerprint density at radius 3 is 2.45 bits per heavy atom. The first-order chi connectivity index (χ1) is 10.5. The number of ether oxygens (including phenoxy) is 1. The zero-order valence-electron chi connectivity index (χ0n) is 11.5. The van der Waals surface area contributed by atoms with Crippen LogP contribution >= 0.6 is 0 Å². The van der Waals surface area contributed by atoms with E-state index in [1.807, 2.05) is 30.3 Å². The van der Waals surface area contributed by atoms with Crippen molar-refractivity contribution in [2.24, 2.45) is 0 Å². The Kier molecular flexibility index (Phi) is 3.36. The van der Waals surface area contributed by atoms with Crippen molar-refractivity contribution in [3.8, 4) is 5.75 Å². The largest absolute Gasteiger partial charge is 0.418 e. The number of carbonyl (C=O) groups excluding carboxylic acids is 1. The van der Waals surface area contributed by atoms with Crippen LogP contribution < -0.4 is 4.74 Å². The molecule has 0 amide bonds. The van der Waals surface area contributed by atoms with E-state index in [4.69, 9.17) is 4.74 Å². The first-order valence-corrected chi connectivity index (χ1v) is 6.75. The van der Waals surface area contributed by atoms with Crippen LogP contribution in [-0.2, 0) is 10.2 Å². The van der Waals surface area contributed by atoms with Gasteiger partial charge in [-0.15, -0.1) is 0 Å². The molecule has 5 nitrogen and oxygen atoms in total. The van der Waals surface area contributed by atoms with Gasteiger partial charge in [0.1, 0.15) is 5.82 Å². The van der Waals surface area contributed by atoms with Crippen molar-refractivity contribution in [3.63, 3.8) is 0 Å². The van der Waals surface area contributed by atoms with Crippen LogP contribution in [0.1, 0.15) is 18.4 Å². The fourth-order valence-corrected chi connectivity index (χ4v) is 2.41. The van der Waals surface area contributed by atoms with Crippen molar-refractivity contribution < 1.29 is 18.8 Å². The molecular formula is C16H12FNO4. The molecule has 1 aliphatic carbocycles. The minimum atomic E-state index is -0.776. The van der Waals surface area contributed by atoms with Crippen molar-refractivity contribution in [3.05, 3.63) is 70.0 Å². The number of nitro benzene ring substituents is 1. The number of nitro groups is 1. The molecule has 1 fully saturated rings. The predicted molar refractivity (Wildman–Crippen MR) is 76.0 cm³/mol. The van der Waals surface area contributed by atoms with Crippen LogP contribution in [-0.4, -0.2) is 10.9 Å². The molecule has 0 radical (unpaired) electrons. The van der Waals surface area contributed by atoms with E-state index in [0.717, 1.165) is 23.8 Å². The molecule has 0 heterocycles. The lowest BCUT2D eigenvalue weighted by Crippen LogP contribution is -2.26. The Bertz CT molecular complexity index is 741. The Balaban J connectivity index is 1.90. The number of hydrogen-bond acceptors (Lipinski definition) is 4. The molecule has 1 aliphatic rings. The molecule has 0 aliphatic heterocycles. The Hall–Kier alpha value is -2.76. The quantitative estimate of drug-likeness (QED) is 0.376. The number of hydrogen-bond donors (Lipinski definition) is 0. The van der Waals surface area contributed by atoms with E-state index in [1.54, 1.807) is 0 Å². The summed E-state index contributed by atoms with van der Waals surface area (Å²) in [5, 5.41) is 10.9. The van der Waals surface area contributed by atoms with Gasteiger partial charge in [-0.1, -0.05) is 30.3 Å². The lowest BCUT2D eigenvalue weighted by molar-refractivity contribution is -0.385. The predicted octanol–water partition coefficient (Wildman–Crippen LogP) is 3.37. The van der Waals surface area contributed by atoms with E-state index in [2.05, 4.69) is 0 Å². The normalized spacial score (nSPS) is 15.1. The second kappa shape index (κ2) is 5.22. The standard InChI is InChI=1S/C16H12FNO4/c17-12-6-7-13(18(20)21)14(10-12)22-15(19)16(8-9-16)11-4-2-1-3-5-11/h1-7,10H,8-9H2. The van der Waals surface area contributed by atoms with Crippen molar-refractivity contribution in [1.29, 1.82) is 0 Å². The summed E-state index contributed by atoms with van der Waals surface area (Å²) in [6.07, 6.45) is 1.22. The highest BCUT2D eigenvalue weighted by atomic mass is 19.1. The summed E-state index contributed by atoms with van der Waals surface area (Å²) in [6, 6.07) is 11.9. The fraction of sp³-hybridized carbons (Fsp3) is 0.188. The number of esters is 1. The molecule has 22 heavy (non-hydrogen) atoms. The summed E-state index contributed by atoms with van der Waals surface area (Å²) in [5.74, 6) is -1.65. The minimum Gasteiger partial charge on any atom is -0.418 e. The van der Waals surface area contributed by atoms with E-state index in [-0.39, 0.29) is 5.75 Å². The van der Waals surface area contributed by atoms with Crippen LogP contribution in [0, 0.1) is 15.9 Å². The molecule has 2 aromatic rings. The van der Waals surface area contributed by atoms with E-state index < -0.39 is 27.8 Å². The molecule has 3 rings (SSSR count). The Labute approximate surface area is 125 Å². The summed E-state index contributed by atoms with van der Waals surface area (Å²) in [7, 11) is 0. The minimum absolute atomic E-state index is 0.364. The van der Waals surface area contributed by atoms with Gasteiger partial charge < -0.3 is 4.74 Å². The van der Waals surface area contributed by atoms with Crippen LogP contribution in [0.2, 0.25) is 0 Å². The third-order valence-electron chi connectivity index (χ3n) is 3.79. The van der Waals surface area contributed by atoms with Gasteiger partial charge in [-0.05, 0) is 24.5 Å². The molecule has 0 N–H and O–H groups in total. The van der Waals surface area contributed by atoms with Gasteiger partial charge in [-0.3, -0.25) is 14.9 Å². The first kappa shape index (κ1) is 14.2. The topological polar surface area (TPSA) is 69.4 Å². The number of carbonyl (C=O) groups is 1. The average Bonchev–Trinajstić information content (AvgIpc) is 3.29. The summed E-state index contributed by atoms with van der Waals surface area (Å²) < 4.78 is 18.4. The Morgan fingerprint density at radius 1 is 1.18 bits per heavy atom. The maximum atomic E-state index is 13.3. The van der Waals surface area contributed by atoms with Crippen LogP contribution in [0.5, 0.6) is 5.75 Å². The summed E-state index contributed by atoms with van der Waals surface area (Å²) in [6.45, 7) is 0. The Morgan fingerprint density at radius 2 is 1.86 bits per heavy atom. The van der Waals surface area contributed by atoms with Crippen molar-refractivity contribution in [2.45, 2.75) is 18.3 Å². The van der Waals surface area contributed by atoms with Crippen molar-refractivity contribution in [2.75, 3.05) is 0 Å². The molecule has 0 bridgehead atoms. The smallest absolute Gasteiger partial charge is 0.322 e. The van der Waals surface area contributed by atoms with Gasteiger partial charge in [0, 0.05) is 12.1 Å². The van der Waals surface area contributed by atoms with Crippen molar-refractivity contribution in [1.82, 2.24) is 0 Å². The van der Waals surface area contributed by atoms with Crippen molar-refractivity contribution >= 4 is 11.7 Å². The zero-order chi connectivity index (χ0) is 15.7. The number of halogens is 1. The van der Waals surface area contributed by atoms with Gasteiger partial charge in [0.25, 0.3) is 0 Å². The molecule has 0 spiro atoms. The van der Waals surface area contributed by atoms with Gasteiger partial charge in [0.05, 0.1) is 10.3 Å². The highest BCUT2D eigenvalue weighted by Crippen LogP contribution is 2.49. The highest BCUT2D eigenvalue weighted by molar-refractivity contribution is 5.88. The molecule has 0 saturated heterocycles. The molecule has 1 saturated carbocycles. The maximum absolute atomic E-state index is 13.3. The second-order valence-corrected chi connectivity index (χ2v) is 5.21. The lowest BCUT2D eigenvalue weighted by atomic mass is 9.96. The molecule has 112 valence electrons. The third-order valence-corrected chi connectivity index (χ3v) is 3.79. The average molecular weight is 301 g/mol. The van der Waals surface area contributed by atoms with Gasteiger partial charge in [0.15, 0.2) is 0 Å². The van der Waals surface area contributed by atoms with Gasteiger partial charge in [-0.2, -0.15) is 0 Å². The van der Waals surface area contributed by atoms with Gasteiger partial charge in [0.2, 0.25) is 5.75 Å². The van der Waals surface area contributed by atoms with Crippen LogP contribution in [0.4, 0.5) is 10.1 Å². The fourth-order valence-electron chi connectivity index (χ4n) is 2.41. The molecule has 0 unspecified atom stereocenters. The number of benzene rings is 2. The first-order valence-electron chi connectivity index (χ1n) is 6.75. The van der Waals surface area contributed by atoms with Gasteiger partial charge in [-0.25, -0.2) is 4.39 Å². The zero-order valence-corrected chi connectivity index (χ0v) is 11.5. The van der Waals surface area contributed by atoms with Gasteiger partial charge >= 0.3 is 11.7 Å². The maximum Gasteiger partial charge on any atom is 0.322 e. The molecule has 0 atom stereocenters. The van der Waals surface area contributed by atoms with Crippen LogP contribution in [0.15, 0.2) is 48.5 Å². The lowest BCUT2D eigenvalue weighted by Gasteiger charge is -2.14. The molecule has 0 aromatic heterocycles. The molecule has 2 aromatic carbocycles. The summed E-state index contributed by atoms with van der Waals surface area (Å²) in [5.41, 5.74) is -0.404. The molecule has 6 heteroatoms. The summed E-state index contributed by atoms with van der Waals surface area (Å²) in [4.78, 5) is 22.7. The molecular weight excluding hydrogens is 289 g/mol. The number of nitrogens with zero attached hydrogens (tertiary/aromatic N) is 1. The van der Waals surface area contributed by atoms with Crippen LogP contribution in [0.3, 0.4) is 0 Å². The second-order valence-electron chi connectivity index (χ2n) is 5.21. The monoisotopic (exact) mass is 301 g/mol. The highest BCUT2D eigenvalue weighted by Gasteiger charge is 2.53. The van der Waals surface area contributed by atoms with E-state index in [1.165, 1.54) is 0 Å². The van der Waals surface area contributed by atoms with E-state index in [0.29, 0.717) is 12.8 Å². The SMILES string of the molecule is O=C(Oc1cc(F)ccc1[N+](=O)[O-])C1(c2ccccc2)CC1. The number of rotatable bonds is 4. The van der Waals surface area contributed by atoms with Crippen LogP contribution in [0.25, 0.3) is 0 Å². The summed E-state index contributed by atoms with van der Waals surface area (Å²) >= 11 is 0. The third kappa shape index (κ3) is 2.43. The van der Waals surface area contributed by atoms with E-state index in [9.17, 15) is 19.3 Å². The van der Waals surface area contributed by atoms with E-state index >= 15 is 0 Å².